The van der Waals surface area contributed by atoms with Crippen LogP contribution in [0.3, 0.4) is 0 Å². The van der Waals surface area contributed by atoms with Gasteiger partial charge in [0.1, 0.15) is 5.75 Å². The molecule has 0 bridgehead atoms. The van der Waals surface area contributed by atoms with Gasteiger partial charge in [0.15, 0.2) is 0 Å². The molecule has 0 aromatic heterocycles. The van der Waals surface area contributed by atoms with Gasteiger partial charge in [0.25, 0.3) is 0 Å². The highest BCUT2D eigenvalue weighted by atomic mass is 16.5. The second-order valence-electron chi connectivity index (χ2n) is 3.67. The van der Waals surface area contributed by atoms with Gasteiger partial charge in [-0.15, -0.1) is 0 Å². The van der Waals surface area contributed by atoms with Crippen molar-refractivity contribution < 1.29 is 4.74 Å². The molecular formula is C13H20O. The highest BCUT2D eigenvalue weighted by Crippen LogP contribution is 2.26. The van der Waals surface area contributed by atoms with Crippen LogP contribution in [0.1, 0.15) is 44.6 Å². The fraction of sp³-hybridized carbons (Fsp3) is 0.538. The van der Waals surface area contributed by atoms with E-state index in [4.69, 9.17) is 4.74 Å². The normalized spacial score (nSPS) is 12.5. The standard InChI is InChI=1S/C13H20O/c1-4-6-11(5-2)12-7-9-13(14-3)10-8-12/h7-11H,4-6H2,1-3H3/t11-/m1/s1. The molecule has 1 rings (SSSR count). The Morgan fingerprint density at radius 3 is 2.21 bits per heavy atom. The van der Waals surface area contributed by atoms with Gasteiger partial charge in [-0.25, -0.2) is 0 Å². The number of methoxy groups -OCH3 is 1. The minimum Gasteiger partial charge on any atom is -0.497 e. The maximum atomic E-state index is 5.14. The molecule has 0 amide bonds. The van der Waals surface area contributed by atoms with Crippen LogP contribution in [0.5, 0.6) is 5.75 Å². The summed E-state index contributed by atoms with van der Waals surface area (Å²) in [6.45, 7) is 4.50. The monoisotopic (exact) mass is 192 g/mol. The Balaban J connectivity index is 2.73. The van der Waals surface area contributed by atoms with Crippen molar-refractivity contribution >= 4 is 0 Å². The molecule has 14 heavy (non-hydrogen) atoms. The van der Waals surface area contributed by atoms with Crippen molar-refractivity contribution in [2.75, 3.05) is 7.11 Å². The van der Waals surface area contributed by atoms with E-state index in [1.165, 1.54) is 24.8 Å². The van der Waals surface area contributed by atoms with Crippen LogP contribution in [-0.4, -0.2) is 7.11 Å². The largest absolute Gasteiger partial charge is 0.497 e. The SMILES string of the molecule is CCC[C@@H](CC)c1ccc(OC)cc1. The van der Waals surface area contributed by atoms with Gasteiger partial charge in [-0.1, -0.05) is 32.4 Å². The summed E-state index contributed by atoms with van der Waals surface area (Å²) in [7, 11) is 1.71. The zero-order valence-corrected chi connectivity index (χ0v) is 9.42. The molecule has 0 fully saturated rings. The van der Waals surface area contributed by atoms with Gasteiger partial charge >= 0.3 is 0 Å². The summed E-state index contributed by atoms with van der Waals surface area (Å²) < 4.78 is 5.14. The number of hydrogen-bond donors (Lipinski definition) is 0. The van der Waals surface area contributed by atoms with Gasteiger partial charge in [0.05, 0.1) is 7.11 Å². The van der Waals surface area contributed by atoms with Gasteiger partial charge in [0, 0.05) is 0 Å². The topological polar surface area (TPSA) is 9.23 Å². The lowest BCUT2D eigenvalue weighted by atomic mass is 9.92. The number of ether oxygens (including phenoxy) is 1. The lowest BCUT2D eigenvalue weighted by Gasteiger charge is -2.14. The van der Waals surface area contributed by atoms with E-state index >= 15 is 0 Å². The fourth-order valence-corrected chi connectivity index (χ4v) is 1.83. The summed E-state index contributed by atoms with van der Waals surface area (Å²) in [6.07, 6.45) is 3.76. The van der Waals surface area contributed by atoms with Crippen molar-refractivity contribution in [2.24, 2.45) is 0 Å². The maximum absolute atomic E-state index is 5.14. The molecule has 1 nitrogen and oxygen atoms in total. The van der Waals surface area contributed by atoms with Crippen LogP contribution in [0.15, 0.2) is 24.3 Å². The van der Waals surface area contributed by atoms with Crippen molar-refractivity contribution in [3.05, 3.63) is 29.8 Å². The van der Waals surface area contributed by atoms with Crippen molar-refractivity contribution in [1.29, 1.82) is 0 Å². The zero-order chi connectivity index (χ0) is 10.4. The number of rotatable bonds is 5. The van der Waals surface area contributed by atoms with Gasteiger partial charge in [0.2, 0.25) is 0 Å². The van der Waals surface area contributed by atoms with E-state index in [0.29, 0.717) is 5.92 Å². The van der Waals surface area contributed by atoms with Crippen LogP contribution in [0.2, 0.25) is 0 Å². The van der Waals surface area contributed by atoms with E-state index in [-0.39, 0.29) is 0 Å². The summed E-state index contributed by atoms with van der Waals surface area (Å²) in [5.74, 6) is 1.66. The Labute approximate surface area is 87.1 Å². The summed E-state index contributed by atoms with van der Waals surface area (Å²) in [5, 5.41) is 0. The van der Waals surface area contributed by atoms with Crippen LogP contribution in [0.4, 0.5) is 0 Å². The third-order valence-electron chi connectivity index (χ3n) is 2.72. The molecule has 0 heterocycles. The van der Waals surface area contributed by atoms with Gasteiger partial charge in [-0.3, -0.25) is 0 Å². The summed E-state index contributed by atoms with van der Waals surface area (Å²) in [5.41, 5.74) is 1.44. The molecule has 0 aliphatic rings. The van der Waals surface area contributed by atoms with Gasteiger partial charge < -0.3 is 4.74 Å². The lowest BCUT2D eigenvalue weighted by molar-refractivity contribution is 0.414. The molecule has 1 atom stereocenters. The third-order valence-corrected chi connectivity index (χ3v) is 2.72. The minimum absolute atomic E-state index is 0.714. The van der Waals surface area contributed by atoms with E-state index in [0.717, 1.165) is 5.75 Å². The second kappa shape index (κ2) is 5.69. The summed E-state index contributed by atoms with van der Waals surface area (Å²) in [6, 6.07) is 8.46. The maximum Gasteiger partial charge on any atom is 0.118 e. The first-order chi connectivity index (χ1) is 6.81. The van der Waals surface area contributed by atoms with E-state index in [1.54, 1.807) is 7.11 Å². The zero-order valence-electron chi connectivity index (χ0n) is 9.42. The Kier molecular flexibility index (Phi) is 4.51. The lowest BCUT2D eigenvalue weighted by Crippen LogP contribution is -1.96. The van der Waals surface area contributed by atoms with Crippen molar-refractivity contribution in [2.45, 2.75) is 39.0 Å². The Bertz CT molecular complexity index is 250. The molecule has 0 aliphatic heterocycles. The molecular weight excluding hydrogens is 172 g/mol. The fourth-order valence-electron chi connectivity index (χ4n) is 1.83. The van der Waals surface area contributed by atoms with E-state index < -0.39 is 0 Å². The minimum atomic E-state index is 0.714. The molecule has 1 aromatic rings. The van der Waals surface area contributed by atoms with E-state index in [2.05, 4.69) is 26.0 Å². The second-order valence-corrected chi connectivity index (χ2v) is 3.67. The summed E-state index contributed by atoms with van der Waals surface area (Å²) >= 11 is 0. The molecule has 1 heteroatoms. The number of benzene rings is 1. The molecule has 0 saturated heterocycles. The Morgan fingerprint density at radius 1 is 1.14 bits per heavy atom. The third kappa shape index (κ3) is 2.76. The van der Waals surface area contributed by atoms with E-state index in [9.17, 15) is 0 Å². The average Bonchev–Trinajstić information content (AvgIpc) is 2.26. The molecule has 0 saturated carbocycles. The van der Waals surface area contributed by atoms with Crippen molar-refractivity contribution in [1.82, 2.24) is 0 Å². The molecule has 0 aliphatic carbocycles. The van der Waals surface area contributed by atoms with Crippen molar-refractivity contribution in [3.63, 3.8) is 0 Å². The first-order valence-corrected chi connectivity index (χ1v) is 5.45. The molecule has 0 spiro atoms. The molecule has 78 valence electrons. The molecule has 0 unspecified atom stereocenters. The van der Waals surface area contributed by atoms with Crippen LogP contribution in [0, 0.1) is 0 Å². The predicted octanol–water partition coefficient (Wildman–Crippen LogP) is 3.99. The van der Waals surface area contributed by atoms with Crippen LogP contribution >= 0.6 is 0 Å². The smallest absolute Gasteiger partial charge is 0.118 e. The summed E-state index contributed by atoms with van der Waals surface area (Å²) in [4.78, 5) is 0. The Hall–Kier alpha value is -0.980. The number of hydrogen-bond acceptors (Lipinski definition) is 1. The highest BCUT2D eigenvalue weighted by molar-refractivity contribution is 5.29. The quantitative estimate of drug-likeness (QED) is 0.685. The van der Waals surface area contributed by atoms with Gasteiger partial charge in [-0.2, -0.15) is 0 Å². The van der Waals surface area contributed by atoms with Crippen LogP contribution in [-0.2, 0) is 0 Å². The van der Waals surface area contributed by atoms with E-state index in [1.807, 2.05) is 12.1 Å². The Morgan fingerprint density at radius 2 is 1.79 bits per heavy atom. The van der Waals surface area contributed by atoms with Gasteiger partial charge in [-0.05, 0) is 36.5 Å². The highest BCUT2D eigenvalue weighted by Gasteiger charge is 2.07. The van der Waals surface area contributed by atoms with Crippen LogP contribution < -0.4 is 4.74 Å². The molecule has 1 aromatic carbocycles. The molecule has 0 N–H and O–H groups in total. The predicted molar refractivity (Wildman–Crippen MR) is 60.9 cm³/mol. The van der Waals surface area contributed by atoms with Crippen molar-refractivity contribution in [3.8, 4) is 5.75 Å². The molecule has 0 radical (unpaired) electrons. The first-order valence-electron chi connectivity index (χ1n) is 5.45. The first kappa shape index (κ1) is 11.1. The van der Waals surface area contributed by atoms with Crippen LogP contribution in [0.25, 0.3) is 0 Å². The average molecular weight is 192 g/mol.